The summed E-state index contributed by atoms with van der Waals surface area (Å²) in [7, 11) is 0. The Morgan fingerprint density at radius 2 is 1.76 bits per heavy atom. The van der Waals surface area contributed by atoms with Gasteiger partial charge in [-0.3, -0.25) is 14.8 Å². The van der Waals surface area contributed by atoms with Crippen LogP contribution in [-0.4, -0.2) is 24.9 Å². The fraction of sp³-hybridized carbons (Fsp3) is 0.0385. The van der Waals surface area contributed by atoms with Crippen LogP contribution in [0.1, 0.15) is 4.88 Å². The summed E-state index contributed by atoms with van der Waals surface area (Å²) < 4.78 is 0. The number of benzene rings is 1. The van der Waals surface area contributed by atoms with E-state index in [0.717, 1.165) is 32.6 Å². The molecule has 0 saturated carbocycles. The predicted molar refractivity (Wildman–Crippen MR) is 132 cm³/mol. The highest BCUT2D eigenvalue weighted by Crippen LogP contribution is 2.35. The molecular formula is C26H17N5OS. The third-order valence-electron chi connectivity index (χ3n) is 5.55. The Kier molecular flexibility index (Phi) is 4.55. The zero-order valence-corrected chi connectivity index (χ0v) is 18.4. The number of nitrogens with one attached hydrogen (secondary N) is 1. The summed E-state index contributed by atoms with van der Waals surface area (Å²) in [6.07, 6.45) is 6.81. The van der Waals surface area contributed by atoms with E-state index in [1.165, 1.54) is 4.88 Å². The fourth-order valence-electron chi connectivity index (χ4n) is 3.93. The van der Waals surface area contributed by atoms with Gasteiger partial charge in [0.05, 0.1) is 16.1 Å². The molecule has 0 atom stereocenters. The highest BCUT2D eigenvalue weighted by molar-refractivity contribution is 7.15. The normalized spacial score (nSPS) is 11.3. The quantitative estimate of drug-likeness (QED) is 0.380. The number of nitrogens with zero attached hydrogens (tertiary/aromatic N) is 4. The third-order valence-corrected chi connectivity index (χ3v) is 6.56. The lowest BCUT2D eigenvalue weighted by molar-refractivity contribution is 1.22. The van der Waals surface area contributed by atoms with Gasteiger partial charge in [0.1, 0.15) is 5.69 Å². The van der Waals surface area contributed by atoms with Crippen molar-refractivity contribution in [1.82, 2.24) is 24.9 Å². The van der Waals surface area contributed by atoms with E-state index in [1.807, 2.05) is 48.5 Å². The molecule has 33 heavy (non-hydrogen) atoms. The van der Waals surface area contributed by atoms with E-state index in [0.29, 0.717) is 22.4 Å². The molecule has 0 aliphatic carbocycles. The first-order valence-corrected chi connectivity index (χ1v) is 11.2. The van der Waals surface area contributed by atoms with E-state index in [9.17, 15) is 4.79 Å². The van der Waals surface area contributed by atoms with Crippen molar-refractivity contribution in [3.63, 3.8) is 0 Å². The number of fused-ring (bicyclic) bond motifs is 2. The zero-order chi connectivity index (χ0) is 22.4. The van der Waals surface area contributed by atoms with Crippen molar-refractivity contribution >= 4 is 33.4 Å². The number of H-pyrrole nitrogens is 1. The number of hydrogen-bond donors (Lipinski definition) is 1. The van der Waals surface area contributed by atoms with Crippen molar-refractivity contribution in [3.8, 4) is 33.0 Å². The summed E-state index contributed by atoms with van der Waals surface area (Å²) in [5, 5.41) is 1.00. The van der Waals surface area contributed by atoms with Crippen molar-refractivity contribution in [1.29, 1.82) is 0 Å². The molecule has 1 N–H and O–H groups in total. The number of thiophene rings is 1. The molecule has 5 aromatic heterocycles. The van der Waals surface area contributed by atoms with Crippen LogP contribution in [0.3, 0.4) is 0 Å². The number of aromatic nitrogens is 5. The molecule has 0 aliphatic heterocycles. The average Bonchev–Trinajstić information content (AvgIpc) is 3.30. The van der Waals surface area contributed by atoms with E-state index < -0.39 is 0 Å². The van der Waals surface area contributed by atoms with Crippen LogP contribution in [0.4, 0.5) is 0 Å². The second kappa shape index (κ2) is 7.72. The molecule has 0 fully saturated rings. The topological polar surface area (TPSA) is 84.4 Å². The maximum absolute atomic E-state index is 13.4. The molecule has 0 saturated heterocycles. The second-order valence-corrected chi connectivity index (χ2v) is 8.99. The van der Waals surface area contributed by atoms with E-state index in [2.05, 4.69) is 27.9 Å². The SMILES string of the molecule is Cc1ccc(-c2nc3[nH]cc(-c4ccncc4)c(=O)c3nc2-c2ccc3ncccc3c2)s1. The first-order chi connectivity index (χ1) is 16.2. The lowest BCUT2D eigenvalue weighted by atomic mass is 10.0. The van der Waals surface area contributed by atoms with Crippen LogP contribution in [-0.2, 0) is 0 Å². The second-order valence-electron chi connectivity index (χ2n) is 7.71. The molecule has 0 aliphatic rings. The van der Waals surface area contributed by atoms with Gasteiger partial charge in [-0.15, -0.1) is 11.3 Å². The van der Waals surface area contributed by atoms with Gasteiger partial charge in [0.2, 0.25) is 5.43 Å². The minimum atomic E-state index is -0.167. The molecular weight excluding hydrogens is 430 g/mol. The van der Waals surface area contributed by atoms with Crippen LogP contribution in [0.15, 0.2) is 84.2 Å². The van der Waals surface area contributed by atoms with Crippen LogP contribution in [0, 0.1) is 6.92 Å². The maximum atomic E-state index is 13.4. The third kappa shape index (κ3) is 3.39. The molecule has 0 radical (unpaired) electrons. The molecule has 1 aromatic carbocycles. The molecule has 158 valence electrons. The van der Waals surface area contributed by atoms with Gasteiger partial charge in [-0.1, -0.05) is 12.1 Å². The van der Waals surface area contributed by atoms with Gasteiger partial charge >= 0.3 is 0 Å². The first-order valence-electron chi connectivity index (χ1n) is 10.4. The van der Waals surface area contributed by atoms with Crippen molar-refractivity contribution in [3.05, 3.63) is 94.5 Å². The van der Waals surface area contributed by atoms with Crippen molar-refractivity contribution in [2.75, 3.05) is 0 Å². The summed E-state index contributed by atoms with van der Waals surface area (Å²) >= 11 is 1.65. The Labute approximate surface area is 192 Å². The van der Waals surface area contributed by atoms with Crippen LogP contribution in [0.25, 0.3) is 55.0 Å². The summed E-state index contributed by atoms with van der Waals surface area (Å²) in [5.41, 5.74) is 5.14. The number of hydrogen-bond acceptors (Lipinski definition) is 6. The van der Waals surface area contributed by atoms with Crippen LogP contribution >= 0.6 is 11.3 Å². The van der Waals surface area contributed by atoms with E-state index >= 15 is 0 Å². The average molecular weight is 448 g/mol. The standard InChI is InChI=1S/C26H17N5OS/c1-15-4-7-21(33-15)23-22(18-5-6-20-17(13-18)3-2-10-28-20)30-24-25(32)19(14-29-26(24)31-23)16-8-11-27-12-9-16/h2-14H,1H3,(H,29,31,32). The van der Waals surface area contributed by atoms with Gasteiger partial charge in [-0.05, 0) is 55.0 Å². The molecule has 7 heteroatoms. The molecule has 0 unspecified atom stereocenters. The van der Waals surface area contributed by atoms with Crippen molar-refractivity contribution < 1.29 is 0 Å². The molecule has 5 heterocycles. The van der Waals surface area contributed by atoms with Gasteiger partial charge in [0.25, 0.3) is 0 Å². The van der Waals surface area contributed by atoms with Crippen molar-refractivity contribution in [2.45, 2.75) is 6.92 Å². The van der Waals surface area contributed by atoms with Gasteiger partial charge < -0.3 is 4.98 Å². The largest absolute Gasteiger partial charge is 0.344 e. The summed E-state index contributed by atoms with van der Waals surface area (Å²) in [5.74, 6) is 0. The summed E-state index contributed by atoms with van der Waals surface area (Å²) in [6, 6.07) is 17.7. The van der Waals surface area contributed by atoms with E-state index in [1.54, 1.807) is 36.1 Å². The number of pyridine rings is 3. The van der Waals surface area contributed by atoms with E-state index in [-0.39, 0.29) is 5.43 Å². The molecule has 6 nitrogen and oxygen atoms in total. The lowest BCUT2D eigenvalue weighted by Crippen LogP contribution is -2.10. The minimum absolute atomic E-state index is 0.167. The Balaban J connectivity index is 1.65. The molecule has 0 spiro atoms. The molecule has 0 bridgehead atoms. The van der Waals surface area contributed by atoms with Gasteiger partial charge in [0, 0.05) is 46.2 Å². The Bertz CT molecular complexity index is 1710. The van der Waals surface area contributed by atoms with Gasteiger partial charge in [-0.25, -0.2) is 9.97 Å². The highest BCUT2D eigenvalue weighted by Gasteiger charge is 2.18. The first kappa shape index (κ1) is 19.5. The fourth-order valence-corrected chi connectivity index (χ4v) is 4.79. The lowest BCUT2D eigenvalue weighted by Gasteiger charge is -2.10. The number of aryl methyl sites for hydroxylation is 1. The monoisotopic (exact) mass is 447 g/mol. The summed E-state index contributed by atoms with van der Waals surface area (Å²) in [4.78, 5) is 37.0. The molecule has 0 amide bonds. The zero-order valence-electron chi connectivity index (χ0n) is 17.6. The number of rotatable bonds is 3. The Morgan fingerprint density at radius 1 is 0.879 bits per heavy atom. The van der Waals surface area contributed by atoms with Crippen molar-refractivity contribution in [2.24, 2.45) is 0 Å². The smallest absolute Gasteiger partial charge is 0.217 e. The minimum Gasteiger partial charge on any atom is -0.344 e. The molecule has 6 rings (SSSR count). The Morgan fingerprint density at radius 3 is 2.58 bits per heavy atom. The molecule has 6 aromatic rings. The van der Waals surface area contributed by atoms with Crippen LogP contribution in [0.5, 0.6) is 0 Å². The predicted octanol–water partition coefficient (Wildman–Crippen LogP) is 5.63. The highest BCUT2D eigenvalue weighted by atomic mass is 32.1. The van der Waals surface area contributed by atoms with Crippen LogP contribution < -0.4 is 5.43 Å². The van der Waals surface area contributed by atoms with Gasteiger partial charge in [0.15, 0.2) is 11.2 Å². The van der Waals surface area contributed by atoms with E-state index in [4.69, 9.17) is 9.97 Å². The Hall–Kier alpha value is -4.23. The number of aromatic amines is 1. The van der Waals surface area contributed by atoms with Crippen LogP contribution in [0.2, 0.25) is 0 Å². The summed E-state index contributed by atoms with van der Waals surface area (Å²) in [6.45, 7) is 2.06. The van der Waals surface area contributed by atoms with Gasteiger partial charge in [-0.2, -0.15) is 0 Å². The maximum Gasteiger partial charge on any atom is 0.217 e.